The summed E-state index contributed by atoms with van der Waals surface area (Å²) in [5.74, 6) is 1.03. The number of nitrogens with zero attached hydrogens (tertiary/aromatic N) is 2. The van der Waals surface area contributed by atoms with E-state index >= 15 is 0 Å². The Balaban J connectivity index is 2.09. The molecule has 0 bridgehead atoms. The summed E-state index contributed by atoms with van der Waals surface area (Å²) >= 11 is 1.70. The summed E-state index contributed by atoms with van der Waals surface area (Å²) in [5, 5.41) is 2.05. The fourth-order valence-electron chi connectivity index (χ4n) is 1.39. The van der Waals surface area contributed by atoms with Gasteiger partial charge in [-0.25, -0.2) is 4.98 Å². The van der Waals surface area contributed by atoms with E-state index in [1.807, 2.05) is 29.3 Å². The van der Waals surface area contributed by atoms with Crippen molar-refractivity contribution in [2.45, 2.75) is 12.5 Å². The zero-order valence-electron chi connectivity index (χ0n) is 8.05. The first-order valence-corrected chi connectivity index (χ1v) is 5.40. The van der Waals surface area contributed by atoms with Gasteiger partial charge in [-0.2, -0.15) is 0 Å². The van der Waals surface area contributed by atoms with E-state index in [2.05, 4.69) is 11.1 Å². The van der Waals surface area contributed by atoms with Gasteiger partial charge in [-0.15, -0.1) is 11.3 Å². The second kappa shape index (κ2) is 3.94. The highest BCUT2D eigenvalue weighted by molar-refractivity contribution is 7.10. The molecule has 0 spiro atoms. The van der Waals surface area contributed by atoms with Crippen LogP contribution in [-0.2, 0) is 13.5 Å². The van der Waals surface area contributed by atoms with Crippen LogP contribution in [0.2, 0.25) is 0 Å². The molecule has 2 aromatic heterocycles. The average molecular weight is 207 g/mol. The molecule has 0 fully saturated rings. The second-order valence-corrected chi connectivity index (χ2v) is 4.26. The molecule has 0 aliphatic carbocycles. The van der Waals surface area contributed by atoms with Crippen molar-refractivity contribution < 1.29 is 0 Å². The first-order chi connectivity index (χ1) is 6.77. The fourth-order valence-corrected chi connectivity index (χ4v) is 2.12. The lowest BCUT2D eigenvalue weighted by Crippen LogP contribution is -2.14. The molecule has 0 radical (unpaired) electrons. The maximum absolute atomic E-state index is 6.06. The third kappa shape index (κ3) is 1.86. The minimum Gasteiger partial charge on any atom is -0.338 e. The summed E-state index contributed by atoms with van der Waals surface area (Å²) in [7, 11) is 1.99. The molecule has 2 aromatic rings. The molecule has 2 heterocycles. The molecule has 3 nitrogen and oxygen atoms in total. The van der Waals surface area contributed by atoms with Gasteiger partial charge in [0.25, 0.3) is 0 Å². The Kier molecular flexibility index (Phi) is 2.65. The van der Waals surface area contributed by atoms with E-state index in [0.717, 1.165) is 12.2 Å². The SMILES string of the molecule is Cn1ccnc1CC(N)c1cccs1. The van der Waals surface area contributed by atoms with Gasteiger partial charge < -0.3 is 10.3 Å². The molecule has 0 amide bonds. The average Bonchev–Trinajstić information content (AvgIpc) is 2.77. The van der Waals surface area contributed by atoms with Crippen LogP contribution in [0.25, 0.3) is 0 Å². The lowest BCUT2D eigenvalue weighted by Gasteiger charge is -2.08. The van der Waals surface area contributed by atoms with Gasteiger partial charge in [0.15, 0.2) is 0 Å². The predicted molar refractivity (Wildman–Crippen MR) is 58.2 cm³/mol. The highest BCUT2D eigenvalue weighted by Gasteiger charge is 2.10. The van der Waals surface area contributed by atoms with Gasteiger partial charge in [0.2, 0.25) is 0 Å². The smallest absolute Gasteiger partial charge is 0.110 e. The highest BCUT2D eigenvalue weighted by Crippen LogP contribution is 2.19. The summed E-state index contributed by atoms with van der Waals surface area (Å²) in [6.07, 6.45) is 4.54. The van der Waals surface area contributed by atoms with Crippen molar-refractivity contribution >= 4 is 11.3 Å². The summed E-state index contributed by atoms with van der Waals surface area (Å²) in [4.78, 5) is 5.47. The van der Waals surface area contributed by atoms with E-state index in [0.29, 0.717) is 0 Å². The van der Waals surface area contributed by atoms with Crippen LogP contribution in [0, 0.1) is 0 Å². The topological polar surface area (TPSA) is 43.8 Å². The molecule has 0 saturated carbocycles. The standard InChI is InChI=1S/C10H13N3S/c1-13-5-4-12-10(13)7-8(11)9-3-2-6-14-9/h2-6,8H,7,11H2,1H3. The molecule has 0 aliphatic heterocycles. The Morgan fingerprint density at radius 2 is 2.50 bits per heavy atom. The largest absolute Gasteiger partial charge is 0.338 e. The van der Waals surface area contributed by atoms with Crippen LogP contribution in [0.1, 0.15) is 16.7 Å². The van der Waals surface area contributed by atoms with Crippen LogP contribution in [0.3, 0.4) is 0 Å². The van der Waals surface area contributed by atoms with Crippen molar-refractivity contribution in [2.75, 3.05) is 0 Å². The van der Waals surface area contributed by atoms with E-state index in [1.165, 1.54) is 4.88 Å². The summed E-state index contributed by atoms with van der Waals surface area (Å²) in [6.45, 7) is 0. The number of nitrogens with two attached hydrogens (primary N) is 1. The molecule has 2 N–H and O–H groups in total. The van der Waals surface area contributed by atoms with Crippen molar-refractivity contribution in [3.05, 3.63) is 40.6 Å². The van der Waals surface area contributed by atoms with Crippen LogP contribution in [0.4, 0.5) is 0 Å². The fraction of sp³-hybridized carbons (Fsp3) is 0.300. The first kappa shape index (κ1) is 9.43. The van der Waals surface area contributed by atoms with E-state index in [4.69, 9.17) is 5.73 Å². The molecule has 0 saturated heterocycles. The summed E-state index contributed by atoms with van der Waals surface area (Å²) in [5.41, 5.74) is 6.06. The molecule has 1 unspecified atom stereocenters. The highest BCUT2D eigenvalue weighted by atomic mass is 32.1. The number of imidazole rings is 1. The van der Waals surface area contributed by atoms with Crippen LogP contribution in [-0.4, -0.2) is 9.55 Å². The summed E-state index contributed by atoms with van der Waals surface area (Å²) < 4.78 is 2.01. The van der Waals surface area contributed by atoms with Gasteiger partial charge in [-0.05, 0) is 11.4 Å². The number of aryl methyl sites for hydroxylation is 1. The Labute approximate surface area is 87.2 Å². The maximum Gasteiger partial charge on any atom is 0.110 e. The lowest BCUT2D eigenvalue weighted by atomic mass is 10.2. The maximum atomic E-state index is 6.06. The van der Waals surface area contributed by atoms with Gasteiger partial charge >= 0.3 is 0 Å². The van der Waals surface area contributed by atoms with Crippen molar-refractivity contribution in [1.29, 1.82) is 0 Å². The van der Waals surface area contributed by atoms with Crippen LogP contribution >= 0.6 is 11.3 Å². The van der Waals surface area contributed by atoms with Crippen LogP contribution in [0.5, 0.6) is 0 Å². The molecule has 0 aromatic carbocycles. The number of hydrogen-bond acceptors (Lipinski definition) is 3. The monoisotopic (exact) mass is 207 g/mol. The number of rotatable bonds is 3. The predicted octanol–water partition coefficient (Wildman–Crippen LogP) is 1.72. The molecule has 4 heteroatoms. The Bertz CT molecular complexity index is 391. The van der Waals surface area contributed by atoms with Crippen molar-refractivity contribution in [3.63, 3.8) is 0 Å². The lowest BCUT2D eigenvalue weighted by molar-refractivity contribution is 0.669. The molecule has 0 aliphatic rings. The summed E-state index contributed by atoms with van der Waals surface area (Å²) in [6, 6.07) is 4.16. The normalized spacial score (nSPS) is 13.0. The van der Waals surface area contributed by atoms with Gasteiger partial charge in [-0.3, -0.25) is 0 Å². The quantitative estimate of drug-likeness (QED) is 0.833. The van der Waals surface area contributed by atoms with Crippen LogP contribution in [0.15, 0.2) is 29.9 Å². The number of thiophene rings is 1. The zero-order chi connectivity index (χ0) is 9.97. The van der Waals surface area contributed by atoms with Gasteiger partial charge in [0, 0.05) is 36.8 Å². The molecule has 1 atom stereocenters. The third-order valence-corrected chi connectivity index (χ3v) is 3.24. The van der Waals surface area contributed by atoms with E-state index in [1.54, 1.807) is 17.5 Å². The first-order valence-electron chi connectivity index (χ1n) is 4.52. The molecular formula is C10H13N3S. The minimum absolute atomic E-state index is 0.0658. The van der Waals surface area contributed by atoms with Crippen molar-refractivity contribution in [3.8, 4) is 0 Å². The Morgan fingerprint density at radius 1 is 1.64 bits per heavy atom. The zero-order valence-corrected chi connectivity index (χ0v) is 8.87. The number of aromatic nitrogens is 2. The Morgan fingerprint density at radius 3 is 3.07 bits per heavy atom. The van der Waals surface area contributed by atoms with E-state index in [9.17, 15) is 0 Å². The Hall–Kier alpha value is -1.13. The van der Waals surface area contributed by atoms with Gasteiger partial charge in [0.05, 0.1) is 0 Å². The molecular weight excluding hydrogens is 194 g/mol. The van der Waals surface area contributed by atoms with E-state index in [-0.39, 0.29) is 6.04 Å². The molecule has 74 valence electrons. The minimum atomic E-state index is 0.0658. The van der Waals surface area contributed by atoms with Gasteiger partial charge in [-0.1, -0.05) is 6.07 Å². The number of hydrogen-bond donors (Lipinski definition) is 1. The van der Waals surface area contributed by atoms with Gasteiger partial charge in [0.1, 0.15) is 5.82 Å². The second-order valence-electron chi connectivity index (χ2n) is 3.28. The molecule has 2 rings (SSSR count). The molecule has 14 heavy (non-hydrogen) atoms. The van der Waals surface area contributed by atoms with E-state index < -0.39 is 0 Å². The van der Waals surface area contributed by atoms with Crippen molar-refractivity contribution in [1.82, 2.24) is 9.55 Å². The van der Waals surface area contributed by atoms with Crippen LogP contribution < -0.4 is 5.73 Å². The third-order valence-electron chi connectivity index (χ3n) is 2.23. The van der Waals surface area contributed by atoms with Crippen molar-refractivity contribution in [2.24, 2.45) is 12.8 Å².